The number of hydrogen-bond acceptors (Lipinski definition) is 7. The van der Waals surface area contributed by atoms with E-state index in [1.165, 1.54) is 6.33 Å². The van der Waals surface area contributed by atoms with Crippen LogP contribution in [0.25, 0.3) is 0 Å². The lowest BCUT2D eigenvalue weighted by Crippen LogP contribution is -2.47. The molecule has 0 radical (unpaired) electrons. The van der Waals surface area contributed by atoms with Crippen molar-refractivity contribution < 1.29 is 13.2 Å². The van der Waals surface area contributed by atoms with Crippen molar-refractivity contribution in [3.05, 3.63) is 6.33 Å². The van der Waals surface area contributed by atoms with Gasteiger partial charge in [0.1, 0.15) is 12.0 Å². The van der Waals surface area contributed by atoms with Crippen LogP contribution in [-0.2, 0) is 10.0 Å². The maximum Gasteiger partial charge on any atom is 0.242 e. The number of nitrogens with zero attached hydrogens (tertiary/aromatic N) is 2. The Hall–Kier alpha value is -1.61. The number of rotatable bonds is 7. The first-order valence-electron chi connectivity index (χ1n) is 6.11. The van der Waals surface area contributed by atoms with Crippen LogP contribution in [0.3, 0.4) is 0 Å². The Morgan fingerprint density at radius 2 is 2.05 bits per heavy atom. The number of nitrogens with two attached hydrogens (primary N) is 1. The SMILES string of the molecule is CCOc1ncnc(NCC(C)(C)NS(C)(=O)=O)c1N. The second-order valence-electron chi connectivity index (χ2n) is 4.99. The van der Waals surface area contributed by atoms with Crippen molar-refractivity contribution in [3.8, 4) is 5.88 Å². The molecule has 8 nitrogen and oxygen atoms in total. The summed E-state index contributed by atoms with van der Waals surface area (Å²) >= 11 is 0. The van der Waals surface area contributed by atoms with Gasteiger partial charge in [0.2, 0.25) is 15.9 Å². The normalized spacial score (nSPS) is 12.2. The topological polar surface area (TPSA) is 119 Å². The molecule has 0 fully saturated rings. The van der Waals surface area contributed by atoms with Crippen LogP contribution in [0.15, 0.2) is 6.33 Å². The summed E-state index contributed by atoms with van der Waals surface area (Å²) in [7, 11) is -3.29. The molecule has 4 N–H and O–H groups in total. The molecule has 1 aromatic heterocycles. The van der Waals surface area contributed by atoms with Gasteiger partial charge in [0.05, 0.1) is 12.9 Å². The fourth-order valence-electron chi connectivity index (χ4n) is 1.61. The molecule has 1 aromatic rings. The van der Waals surface area contributed by atoms with Crippen LogP contribution in [0.1, 0.15) is 20.8 Å². The monoisotopic (exact) mass is 303 g/mol. The van der Waals surface area contributed by atoms with Crippen molar-refractivity contribution in [2.24, 2.45) is 0 Å². The Kier molecular flexibility index (Phi) is 5.12. The fourth-order valence-corrected chi connectivity index (χ4v) is 2.69. The minimum Gasteiger partial charge on any atom is -0.476 e. The molecule has 0 aliphatic carbocycles. The Morgan fingerprint density at radius 3 is 2.60 bits per heavy atom. The Labute approximate surface area is 119 Å². The lowest BCUT2D eigenvalue weighted by molar-refractivity contribution is 0.328. The third-order valence-electron chi connectivity index (χ3n) is 2.29. The zero-order valence-electron chi connectivity index (χ0n) is 12.1. The van der Waals surface area contributed by atoms with Crippen LogP contribution < -0.4 is 20.5 Å². The molecule has 114 valence electrons. The van der Waals surface area contributed by atoms with Gasteiger partial charge in [0.15, 0.2) is 5.82 Å². The van der Waals surface area contributed by atoms with E-state index in [2.05, 4.69) is 20.0 Å². The van der Waals surface area contributed by atoms with Gasteiger partial charge in [0, 0.05) is 12.1 Å². The van der Waals surface area contributed by atoms with E-state index in [0.717, 1.165) is 6.26 Å². The quantitative estimate of drug-likeness (QED) is 0.658. The molecule has 0 aliphatic heterocycles. The molecule has 0 atom stereocenters. The van der Waals surface area contributed by atoms with Gasteiger partial charge in [-0.1, -0.05) is 0 Å². The summed E-state index contributed by atoms with van der Waals surface area (Å²) in [6, 6.07) is 0. The van der Waals surface area contributed by atoms with Gasteiger partial charge < -0.3 is 15.8 Å². The predicted molar refractivity (Wildman–Crippen MR) is 78.2 cm³/mol. The molecule has 20 heavy (non-hydrogen) atoms. The standard InChI is InChI=1S/C11H21N5O3S/c1-5-19-10-8(12)9(14-7-15-10)13-6-11(2,3)16-20(4,17)18/h7,16H,5-6,12H2,1-4H3,(H,13,14,15). The maximum atomic E-state index is 11.3. The first-order valence-corrected chi connectivity index (χ1v) is 8.00. The second-order valence-corrected chi connectivity index (χ2v) is 6.73. The molecule has 0 amide bonds. The Bertz CT molecular complexity index is 559. The molecule has 0 aliphatic rings. The van der Waals surface area contributed by atoms with Gasteiger partial charge in [-0.15, -0.1) is 0 Å². The number of anilines is 2. The van der Waals surface area contributed by atoms with Crippen molar-refractivity contribution in [1.29, 1.82) is 0 Å². The van der Waals surface area contributed by atoms with E-state index >= 15 is 0 Å². The molecule has 0 saturated heterocycles. The van der Waals surface area contributed by atoms with Crippen molar-refractivity contribution in [2.45, 2.75) is 26.3 Å². The number of ether oxygens (including phenoxy) is 1. The largest absolute Gasteiger partial charge is 0.476 e. The highest BCUT2D eigenvalue weighted by Crippen LogP contribution is 2.24. The number of nitrogens with one attached hydrogen (secondary N) is 2. The molecule has 0 bridgehead atoms. The average Bonchev–Trinajstić information content (AvgIpc) is 2.27. The highest BCUT2D eigenvalue weighted by molar-refractivity contribution is 7.88. The van der Waals surface area contributed by atoms with Gasteiger partial charge in [-0.05, 0) is 20.8 Å². The van der Waals surface area contributed by atoms with Crippen LogP contribution >= 0.6 is 0 Å². The van der Waals surface area contributed by atoms with Gasteiger partial charge in [0.25, 0.3) is 0 Å². The van der Waals surface area contributed by atoms with Crippen LogP contribution in [0, 0.1) is 0 Å². The third-order valence-corrected chi connectivity index (χ3v) is 3.21. The minimum absolute atomic E-state index is 0.296. The van der Waals surface area contributed by atoms with E-state index in [1.54, 1.807) is 13.8 Å². The van der Waals surface area contributed by atoms with Crippen LogP contribution in [0.2, 0.25) is 0 Å². The highest BCUT2D eigenvalue weighted by atomic mass is 32.2. The van der Waals surface area contributed by atoms with Crippen LogP contribution in [-0.4, -0.2) is 43.3 Å². The summed E-state index contributed by atoms with van der Waals surface area (Å²) in [6.07, 6.45) is 2.45. The molecule has 9 heteroatoms. The number of nitrogen functional groups attached to an aromatic ring is 1. The molecule has 1 rings (SSSR count). The summed E-state index contributed by atoms with van der Waals surface area (Å²) in [5.41, 5.74) is 5.49. The smallest absolute Gasteiger partial charge is 0.242 e. The first-order chi connectivity index (χ1) is 9.14. The maximum absolute atomic E-state index is 11.3. The molecule has 1 heterocycles. The fraction of sp³-hybridized carbons (Fsp3) is 0.636. The van der Waals surface area contributed by atoms with Gasteiger partial charge in [-0.2, -0.15) is 4.98 Å². The van der Waals surface area contributed by atoms with Gasteiger partial charge >= 0.3 is 0 Å². The van der Waals surface area contributed by atoms with Crippen molar-refractivity contribution >= 4 is 21.5 Å². The van der Waals surface area contributed by atoms with E-state index in [-0.39, 0.29) is 0 Å². The minimum atomic E-state index is -3.29. The molecule has 0 aromatic carbocycles. The van der Waals surface area contributed by atoms with Gasteiger partial charge in [-0.25, -0.2) is 18.1 Å². The highest BCUT2D eigenvalue weighted by Gasteiger charge is 2.22. The number of aromatic nitrogens is 2. The summed E-state index contributed by atoms with van der Waals surface area (Å²) in [5, 5.41) is 2.99. The van der Waals surface area contributed by atoms with E-state index in [0.29, 0.717) is 30.5 Å². The molecule has 0 saturated carbocycles. The zero-order valence-corrected chi connectivity index (χ0v) is 12.9. The van der Waals surface area contributed by atoms with Gasteiger partial charge in [-0.3, -0.25) is 0 Å². The predicted octanol–water partition coefficient (Wildman–Crippen LogP) is 0.197. The lowest BCUT2D eigenvalue weighted by atomic mass is 10.1. The van der Waals surface area contributed by atoms with E-state index in [9.17, 15) is 8.42 Å². The molecule has 0 spiro atoms. The summed E-state index contributed by atoms with van der Waals surface area (Å²) < 4.78 is 30.3. The van der Waals surface area contributed by atoms with E-state index in [4.69, 9.17) is 10.5 Å². The van der Waals surface area contributed by atoms with Crippen molar-refractivity contribution in [1.82, 2.24) is 14.7 Å². The lowest BCUT2D eigenvalue weighted by Gasteiger charge is -2.25. The van der Waals surface area contributed by atoms with Crippen LogP contribution in [0.4, 0.5) is 11.5 Å². The molecular formula is C11H21N5O3S. The molecular weight excluding hydrogens is 282 g/mol. The van der Waals surface area contributed by atoms with Crippen molar-refractivity contribution in [2.75, 3.05) is 30.5 Å². The summed E-state index contributed by atoms with van der Waals surface area (Å²) in [5.74, 6) is 0.714. The Balaban J connectivity index is 2.77. The zero-order chi connectivity index (χ0) is 15.4. The number of sulfonamides is 1. The summed E-state index contributed by atoms with van der Waals surface area (Å²) in [4.78, 5) is 7.94. The Morgan fingerprint density at radius 1 is 1.40 bits per heavy atom. The van der Waals surface area contributed by atoms with Crippen LogP contribution in [0.5, 0.6) is 5.88 Å². The molecule has 0 unspecified atom stereocenters. The van der Waals surface area contributed by atoms with Crippen molar-refractivity contribution in [3.63, 3.8) is 0 Å². The van der Waals surface area contributed by atoms with E-state index < -0.39 is 15.6 Å². The third kappa shape index (κ3) is 5.17. The first kappa shape index (κ1) is 16.4. The second kappa shape index (κ2) is 6.23. The number of hydrogen-bond donors (Lipinski definition) is 3. The summed E-state index contributed by atoms with van der Waals surface area (Å²) in [6.45, 7) is 6.09. The van der Waals surface area contributed by atoms with E-state index in [1.807, 2.05) is 6.92 Å². The average molecular weight is 303 g/mol.